The molecule has 25 heavy (non-hydrogen) atoms. The highest BCUT2D eigenvalue weighted by atomic mass is 32.2. The molecular weight excluding hydrogens is 340 g/mol. The topological polar surface area (TPSA) is 68.6 Å². The number of imide groups is 1. The van der Waals surface area contributed by atoms with Crippen molar-refractivity contribution in [3.63, 3.8) is 0 Å². The van der Waals surface area contributed by atoms with Gasteiger partial charge in [-0.15, -0.1) is 6.58 Å². The van der Waals surface area contributed by atoms with E-state index in [0.717, 1.165) is 33.1 Å². The number of hydrogen-bond donors (Lipinski definition) is 0. The number of para-hydroxylation sites is 1. The quantitative estimate of drug-likeness (QED) is 0.468. The Bertz CT molecular complexity index is 913. The molecule has 2 aromatic rings. The number of carbonyl (C=O) groups is 3. The summed E-state index contributed by atoms with van der Waals surface area (Å²) in [6.45, 7) is 3.82. The predicted molar refractivity (Wildman–Crippen MR) is 96.8 cm³/mol. The second kappa shape index (κ2) is 6.98. The molecule has 7 heteroatoms. The summed E-state index contributed by atoms with van der Waals surface area (Å²) in [5.41, 5.74) is 1.62. The van der Waals surface area contributed by atoms with Gasteiger partial charge in [0.2, 0.25) is 0 Å². The van der Waals surface area contributed by atoms with E-state index >= 15 is 0 Å². The SMILES string of the molecule is C=CCN1C(=O)S/C(=C/c2cn(CC(=O)OC)c3ccccc23)C1=O. The number of nitrogens with zero attached hydrogens (tertiary/aromatic N) is 2. The standard InChI is InChI=1S/C18H16N2O4S/c1-3-8-20-17(22)15(25-18(20)23)9-12-10-19(11-16(21)24-2)14-7-5-4-6-13(12)14/h3-7,9-10H,1,8,11H2,2H3/b15-9+. The molecule has 0 spiro atoms. The lowest BCUT2D eigenvalue weighted by atomic mass is 10.1. The molecule has 128 valence electrons. The number of carbonyl (C=O) groups excluding carboxylic acids is 3. The first-order chi connectivity index (χ1) is 12.0. The van der Waals surface area contributed by atoms with Gasteiger partial charge in [0.1, 0.15) is 6.54 Å². The normalized spacial score (nSPS) is 16.0. The molecule has 3 rings (SSSR count). The van der Waals surface area contributed by atoms with Gasteiger partial charge < -0.3 is 9.30 Å². The van der Waals surface area contributed by atoms with E-state index in [1.54, 1.807) is 16.8 Å². The Morgan fingerprint density at radius 3 is 2.80 bits per heavy atom. The summed E-state index contributed by atoms with van der Waals surface area (Å²) in [6.07, 6.45) is 4.98. The molecule has 1 aliphatic heterocycles. The smallest absolute Gasteiger partial charge is 0.325 e. The Labute approximate surface area is 148 Å². The van der Waals surface area contributed by atoms with Gasteiger partial charge in [-0.1, -0.05) is 24.3 Å². The lowest BCUT2D eigenvalue weighted by molar-refractivity contribution is -0.141. The van der Waals surface area contributed by atoms with Gasteiger partial charge >= 0.3 is 5.97 Å². The predicted octanol–water partition coefficient (Wildman–Crippen LogP) is 3.04. The van der Waals surface area contributed by atoms with Crippen molar-refractivity contribution in [2.75, 3.05) is 13.7 Å². The van der Waals surface area contributed by atoms with E-state index in [1.165, 1.54) is 13.2 Å². The van der Waals surface area contributed by atoms with Gasteiger partial charge in [0.05, 0.1) is 12.0 Å². The number of benzene rings is 1. The third kappa shape index (κ3) is 3.23. The molecule has 1 aromatic heterocycles. The zero-order valence-electron chi connectivity index (χ0n) is 13.6. The van der Waals surface area contributed by atoms with E-state index in [-0.39, 0.29) is 30.2 Å². The van der Waals surface area contributed by atoms with Crippen LogP contribution in [0.3, 0.4) is 0 Å². The Balaban J connectivity index is 2.02. The van der Waals surface area contributed by atoms with Crippen LogP contribution in [-0.4, -0.2) is 40.2 Å². The molecule has 2 amide bonds. The second-order valence-corrected chi connectivity index (χ2v) is 6.38. The number of esters is 1. The highest BCUT2D eigenvalue weighted by Gasteiger charge is 2.34. The molecule has 2 heterocycles. The molecule has 0 bridgehead atoms. The third-order valence-corrected chi connectivity index (χ3v) is 4.73. The minimum Gasteiger partial charge on any atom is -0.468 e. The molecule has 1 aliphatic rings. The first-order valence-corrected chi connectivity index (χ1v) is 8.37. The first kappa shape index (κ1) is 17.0. The maximum atomic E-state index is 12.4. The van der Waals surface area contributed by atoms with Crippen LogP contribution in [0.4, 0.5) is 4.79 Å². The molecule has 0 N–H and O–H groups in total. The summed E-state index contributed by atoms with van der Waals surface area (Å²) in [6, 6.07) is 7.55. The molecule has 0 unspecified atom stereocenters. The monoisotopic (exact) mass is 356 g/mol. The average molecular weight is 356 g/mol. The van der Waals surface area contributed by atoms with E-state index < -0.39 is 0 Å². The summed E-state index contributed by atoms with van der Waals surface area (Å²) in [5.74, 6) is -0.696. The van der Waals surface area contributed by atoms with Crippen LogP contribution in [-0.2, 0) is 20.9 Å². The number of thioether (sulfide) groups is 1. The average Bonchev–Trinajstić information content (AvgIpc) is 3.08. The fraction of sp³-hybridized carbons (Fsp3) is 0.167. The molecule has 0 atom stereocenters. The molecular formula is C18H16N2O4S. The van der Waals surface area contributed by atoms with Crippen LogP contribution < -0.4 is 0 Å². The molecule has 0 radical (unpaired) electrons. The Morgan fingerprint density at radius 2 is 2.08 bits per heavy atom. The van der Waals surface area contributed by atoms with Crippen molar-refractivity contribution in [2.45, 2.75) is 6.54 Å². The van der Waals surface area contributed by atoms with Crippen molar-refractivity contribution in [1.29, 1.82) is 0 Å². The molecule has 0 aliphatic carbocycles. The van der Waals surface area contributed by atoms with E-state index in [4.69, 9.17) is 4.74 Å². The van der Waals surface area contributed by atoms with E-state index in [1.807, 2.05) is 24.3 Å². The maximum absolute atomic E-state index is 12.4. The van der Waals surface area contributed by atoms with Gasteiger partial charge in [0.15, 0.2) is 0 Å². The van der Waals surface area contributed by atoms with Crippen LogP contribution in [0.1, 0.15) is 5.56 Å². The zero-order chi connectivity index (χ0) is 18.0. The lowest BCUT2D eigenvalue weighted by Crippen LogP contribution is -2.27. The number of methoxy groups -OCH3 is 1. The summed E-state index contributed by atoms with van der Waals surface area (Å²) in [4.78, 5) is 37.4. The molecule has 1 saturated heterocycles. The van der Waals surface area contributed by atoms with Gasteiger partial charge in [0, 0.05) is 29.2 Å². The number of amides is 2. The second-order valence-electron chi connectivity index (χ2n) is 5.39. The molecule has 1 aromatic carbocycles. The van der Waals surface area contributed by atoms with Crippen LogP contribution >= 0.6 is 11.8 Å². The number of ether oxygens (including phenoxy) is 1. The van der Waals surface area contributed by atoms with Crippen LogP contribution in [0.15, 0.2) is 48.0 Å². The van der Waals surface area contributed by atoms with Gasteiger partial charge in [-0.2, -0.15) is 0 Å². The highest BCUT2D eigenvalue weighted by Crippen LogP contribution is 2.34. The van der Waals surface area contributed by atoms with Gasteiger partial charge in [0.25, 0.3) is 11.1 Å². The third-order valence-electron chi connectivity index (χ3n) is 3.82. The molecule has 6 nitrogen and oxygen atoms in total. The Morgan fingerprint density at radius 1 is 1.32 bits per heavy atom. The minimum absolute atomic E-state index is 0.0722. The number of rotatable bonds is 5. The van der Waals surface area contributed by atoms with Gasteiger partial charge in [-0.3, -0.25) is 19.3 Å². The Kier molecular flexibility index (Phi) is 4.76. The van der Waals surface area contributed by atoms with Gasteiger partial charge in [-0.05, 0) is 23.9 Å². The van der Waals surface area contributed by atoms with Crippen molar-refractivity contribution in [3.05, 3.63) is 53.6 Å². The van der Waals surface area contributed by atoms with Crippen molar-refractivity contribution < 1.29 is 19.1 Å². The summed E-state index contributed by atoms with van der Waals surface area (Å²) in [5, 5.41) is 0.580. The largest absolute Gasteiger partial charge is 0.468 e. The Hall–Kier alpha value is -2.80. The minimum atomic E-state index is -0.362. The summed E-state index contributed by atoms with van der Waals surface area (Å²) >= 11 is 0.903. The summed E-state index contributed by atoms with van der Waals surface area (Å²) < 4.78 is 6.49. The van der Waals surface area contributed by atoms with Crippen molar-refractivity contribution in [3.8, 4) is 0 Å². The summed E-state index contributed by atoms with van der Waals surface area (Å²) in [7, 11) is 1.34. The van der Waals surface area contributed by atoms with E-state index in [0.29, 0.717) is 4.91 Å². The zero-order valence-corrected chi connectivity index (χ0v) is 14.4. The fourth-order valence-corrected chi connectivity index (χ4v) is 3.49. The number of hydrogen-bond acceptors (Lipinski definition) is 5. The number of aromatic nitrogens is 1. The van der Waals surface area contributed by atoms with Crippen LogP contribution in [0.25, 0.3) is 17.0 Å². The van der Waals surface area contributed by atoms with Crippen molar-refractivity contribution in [1.82, 2.24) is 9.47 Å². The van der Waals surface area contributed by atoms with Crippen LogP contribution in [0, 0.1) is 0 Å². The maximum Gasteiger partial charge on any atom is 0.325 e. The van der Waals surface area contributed by atoms with E-state index in [9.17, 15) is 14.4 Å². The first-order valence-electron chi connectivity index (χ1n) is 7.56. The molecule has 1 fully saturated rings. The number of fused-ring (bicyclic) bond motifs is 1. The van der Waals surface area contributed by atoms with Crippen molar-refractivity contribution >= 4 is 45.9 Å². The van der Waals surface area contributed by atoms with Crippen molar-refractivity contribution in [2.24, 2.45) is 0 Å². The highest BCUT2D eigenvalue weighted by molar-refractivity contribution is 8.18. The fourth-order valence-electron chi connectivity index (χ4n) is 2.65. The van der Waals surface area contributed by atoms with Gasteiger partial charge in [-0.25, -0.2) is 0 Å². The van der Waals surface area contributed by atoms with Crippen LogP contribution in [0.5, 0.6) is 0 Å². The molecule has 0 saturated carbocycles. The van der Waals surface area contributed by atoms with E-state index in [2.05, 4.69) is 6.58 Å². The lowest BCUT2D eigenvalue weighted by Gasteiger charge is -2.07. The van der Waals surface area contributed by atoms with Crippen LogP contribution in [0.2, 0.25) is 0 Å².